The second-order valence-corrected chi connectivity index (χ2v) is 9.82. The maximum atomic E-state index is 13.3. The number of benzene rings is 3. The molecule has 190 valence electrons. The fourth-order valence-corrected chi connectivity index (χ4v) is 4.89. The molecule has 1 aliphatic heterocycles. The maximum Gasteiger partial charge on any atom is 0.230 e. The van der Waals surface area contributed by atoms with Gasteiger partial charge in [0.2, 0.25) is 5.91 Å². The average Bonchev–Trinajstić information content (AvgIpc) is 2.91. The van der Waals surface area contributed by atoms with E-state index in [0.29, 0.717) is 24.2 Å². The molecule has 0 radical (unpaired) electrons. The van der Waals surface area contributed by atoms with Crippen LogP contribution in [-0.4, -0.2) is 45.3 Å². The van der Waals surface area contributed by atoms with Crippen molar-refractivity contribution in [1.29, 1.82) is 0 Å². The quantitative estimate of drug-likeness (QED) is 0.367. The van der Waals surface area contributed by atoms with E-state index in [1.54, 1.807) is 12.1 Å². The summed E-state index contributed by atoms with van der Waals surface area (Å²) < 4.78 is 0. The fourth-order valence-electron chi connectivity index (χ4n) is 4.89. The number of nitrogens with zero attached hydrogens (tertiary/aromatic N) is 1. The van der Waals surface area contributed by atoms with Crippen molar-refractivity contribution >= 4 is 5.91 Å². The standard InChI is InChI=1S/C30H36N2O4/c1-20(31-17-29(35)25-10-11-28(34)27(16-25)19-33)14-22-6-5-9-24(15-22)21(2)30(36)32-13-12-23-7-3-4-8-26(23)18-32/h3-11,15-16,20-21,29,31,33-35H,12-14,17-19H2,1-2H3/t20-,21?,29+/m1/s1. The monoisotopic (exact) mass is 488 g/mol. The first-order chi connectivity index (χ1) is 17.4. The molecule has 0 fully saturated rings. The van der Waals surface area contributed by atoms with E-state index < -0.39 is 6.10 Å². The van der Waals surface area contributed by atoms with E-state index in [0.717, 1.165) is 30.5 Å². The SMILES string of the molecule is CC(C(=O)N1CCc2ccccc2C1)c1cccc(C[C@@H](C)NC[C@H](O)c2ccc(O)c(CO)c2)c1. The van der Waals surface area contributed by atoms with Crippen molar-refractivity contribution in [1.82, 2.24) is 10.2 Å². The van der Waals surface area contributed by atoms with E-state index in [4.69, 9.17) is 0 Å². The lowest BCUT2D eigenvalue weighted by atomic mass is 9.94. The molecule has 4 rings (SSSR count). The molecule has 1 heterocycles. The van der Waals surface area contributed by atoms with Crippen molar-refractivity contribution in [3.05, 3.63) is 100 Å². The number of carbonyl (C=O) groups is 1. The molecule has 36 heavy (non-hydrogen) atoms. The number of hydrogen-bond donors (Lipinski definition) is 4. The molecular weight excluding hydrogens is 452 g/mol. The van der Waals surface area contributed by atoms with Crippen molar-refractivity contribution in [2.75, 3.05) is 13.1 Å². The zero-order valence-electron chi connectivity index (χ0n) is 21.0. The Balaban J connectivity index is 1.33. The Morgan fingerprint density at radius 1 is 1.00 bits per heavy atom. The number of hydrogen-bond acceptors (Lipinski definition) is 5. The number of rotatable bonds is 9. The molecule has 0 saturated carbocycles. The van der Waals surface area contributed by atoms with E-state index >= 15 is 0 Å². The molecule has 0 bridgehead atoms. The molecule has 6 nitrogen and oxygen atoms in total. The van der Waals surface area contributed by atoms with Crippen LogP contribution in [0.2, 0.25) is 0 Å². The summed E-state index contributed by atoms with van der Waals surface area (Å²) in [5.74, 6) is -0.0323. The van der Waals surface area contributed by atoms with Crippen LogP contribution in [0, 0.1) is 0 Å². The Bertz CT molecular complexity index is 1200. The number of aromatic hydroxyl groups is 1. The number of amides is 1. The van der Waals surface area contributed by atoms with Gasteiger partial charge < -0.3 is 25.5 Å². The van der Waals surface area contributed by atoms with E-state index in [1.165, 1.54) is 17.2 Å². The van der Waals surface area contributed by atoms with Crippen LogP contribution in [0.4, 0.5) is 0 Å². The highest BCUT2D eigenvalue weighted by molar-refractivity contribution is 5.83. The van der Waals surface area contributed by atoms with Crippen LogP contribution in [0.1, 0.15) is 59.3 Å². The second kappa shape index (κ2) is 11.7. The van der Waals surface area contributed by atoms with Gasteiger partial charge in [0.15, 0.2) is 0 Å². The third kappa shape index (κ3) is 6.13. The molecule has 3 atom stereocenters. The molecule has 1 aliphatic rings. The van der Waals surface area contributed by atoms with Crippen molar-refractivity contribution in [2.24, 2.45) is 0 Å². The van der Waals surface area contributed by atoms with Gasteiger partial charge in [-0.3, -0.25) is 4.79 Å². The summed E-state index contributed by atoms with van der Waals surface area (Å²) in [6.07, 6.45) is 0.905. The minimum atomic E-state index is -0.753. The lowest BCUT2D eigenvalue weighted by Crippen LogP contribution is -2.38. The third-order valence-corrected chi connectivity index (χ3v) is 7.12. The second-order valence-electron chi connectivity index (χ2n) is 9.82. The minimum absolute atomic E-state index is 0.0208. The van der Waals surface area contributed by atoms with Gasteiger partial charge in [-0.05, 0) is 66.6 Å². The lowest BCUT2D eigenvalue weighted by Gasteiger charge is -2.31. The Hall–Kier alpha value is -3.19. The highest BCUT2D eigenvalue weighted by Crippen LogP contribution is 2.25. The van der Waals surface area contributed by atoms with Gasteiger partial charge >= 0.3 is 0 Å². The maximum absolute atomic E-state index is 13.3. The van der Waals surface area contributed by atoms with Crippen LogP contribution in [0.25, 0.3) is 0 Å². The van der Waals surface area contributed by atoms with Gasteiger partial charge in [-0.1, -0.05) is 54.6 Å². The van der Waals surface area contributed by atoms with Crippen molar-refractivity contribution < 1.29 is 20.1 Å². The van der Waals surface area contributed by atoms with Gasteiger partial charge in [0.05, 0.1) is 18.6 Å². The van der Waals surface area contributed by atoms with E-state index in [-0.39, 0.29) is 30.2 Å². The number of fused-ring (bicyclic) bond motifs is 1. The third-order valence-electron chi connectivity index (χ3n) is 7.12. The number of nitrogens with one attached hydrogen (secondary N) is 1. The number of aliphatic hydroxyl groups excluding tert-OH is 2. The summed E-state index contributed by atoms with van der Waals surface area (Å²) in [7, 11) is 0. The molecule has 1 unspecified atom stereocenters. The highest BCUT2D eigenvalue weighted by atomic mass is 16.3. The number of carbonyl (C=O) groups excluding carboxylic acids is 1. The van der Waals surface area contributed by atoms with E-state index in [9.17, 15) is 20.1 Å². The lowest BCUT2D eigenvalue weighted by molar-refractivity contribution is -0.133. The summed E-state index contributed by atoms with van der Waals surface area (Å²) in [5, 5.41) is 33.0. The normalized spacial score (nSPS) is 15.7. The Morgan fingerprint density at radius 3 is 2.56 bits per heavy atom. The molecule has 1 amide bonds. The molecule has 0 spiro atoms. The van der Waals surface area contributed by atoms with Gasteiger partial charge in [0.1, 0.15) is 5.75 Å². The molecule has 4 N–H and O–H groups in total. The molecule has 0 saturated heterocycles. The van der Waals surface area contributed by atoms with Gasteiger partial charge in [0.25, 0.3) is 0 Å². The summed E-state index contributed by atoms with van der Waals surface area (Å²) in [4.78, 5) is 15.2. The van der Waals surface area contributed by atoms with Crippen molar-refractivity contribution in [3.8, 4) is 5.75 Å². The summed E-state index contributed by atoms with van der Waals surface area (Å²) in [6.45, 7) is 5.54. The number of phenols is 1. The van der Waals surface area contributed by atoms with Crippen LogP contribution in [0.5, 0.6) is 5.75 Å². The van der Waals surface area contributed by atoms with Crippen molar-refractivity contribution in [2.45, 2.75) is 57.9 Å². The van der Waals surface area contributed by atoms with E-state index in [2.05, 4.69) is 42.6 Å². The molecule has 3 aromatic rings. The topological polar surface area (TPSA) is 93.0 Å². The first kappa shape index (κ1) is 25.9. The van der Waals surface area contributed by atoms with Crippen molar-refractivity contribution in [3.63, 3.8) is 0 Å². The summed E-state index contributed by atoms with van der Waals surface area (Å²) in [6, 6.07) is 21.4. The predicted molar refractivity (Wildman–Crippen MR) is 141 cm³/mol. The molecular formula is C30H36N2O4. The van der Waals surface area contributed by atoms with Gasteiger partial charge in [0, 0.05) is 31.2 Å². The van der Waals surface area contributed by atoms with Crippen LogP contribution >= 0.6 is 0 Å². The fraction of sp³-hybridized carbons (Fsp3) is 0.367. The first-order valence-corrected chi connectivity index (χ1v) is 12.6. The molecule has 6 heteroatoms. The molecule has 0 aliphatic carbocycles. The van der Waals surface area contributed by atoms with Gasteiger partial charge in [-0.15, -0.1) is 0 Å². The van der Waals surface area contributed by atoms with E-state index in [1.807, 2.05) is 30.0 Å². The summed E-state index contributed by atoms with van der Waals surface area (Å²) in [5.41, 5.74) is 5.77. The Labute approximate surface area is 213 Å². The Kier molecular flexibility index (Phi) is 8.41. The molecule has 0 aromatic heterocycles. The number of aliphatic hydroxyl groups is 2. The van der Waals surface area contributed by atoms with Crippen LogP contribution < -0.4 is 5.32 Å². The van der Waals surface area contributed by atoms with Crippen LogP contribution in [0.3, 0.4) is 0 Å². The molecule has 3 aromatic carbocycles. The highest BCUT2D eigenvalue weighted by Gasteiger charge is 2.25. The average molecular weight is 489 g/mol. The van der Waals surface area contributed by atoms with Crippen LogP contribution in [0.15, 0.2) is 66.7 Å². The van der Waals surface area contributed by atoms with Crippen LogP contribution in [-0.2, 0) is 30.8 Å². The van der Waals surface area contributed by atoms with Gasteiger partial charge in [-0.2, -0.15) is 0 Å². The smallest absolute Gasteiger partial charge is 0.230 e. The Morgan fingerprint density at radius 2 is 1.78 bits per heavy atom. The predicted octanol–water partition coefficient (Wildman–Crippen LogP) is 3.83. The zero-order chi connectivity index (χ0) is 25.7. The minimum Gasteiger partial charge on any atom is -0.508 e. The zero-order valence-corrected chi connectivity index (χ0v) is 21.0. The summed E-state index contributed by atoms with van der Waals surface area (Å²) >= 11 is 0. The van der Waals surface area contributed by atoms with Gasteiger partial charge in [-0.25, -0.2) is 0 Å². The largest absolute Gasteiger partial charge is 0.508 e. The first-order valence-electron chi connectivity index (χ1n) is 12.6.